The first-order valence-corrected chi connectivity index (χ1v) is 9.95. The number of esters is 3. The molecule has 0 spiro atoms. The van der Waals surface area contributed by atoms with E-state index in [9.17, 15) is 14.4 Å². The molecular formula is C22H30O6. The molecule has 1 saturated carbocycles. The lowest BCUT2D eigenvalue weighted by atomic mass is 9.54. The first-order valence-electron chi connectivity index (χ1n) is 9.95. The number of carbonyl (C=O) groups is 3. The van der Waals surface area contributed by atoms with Crippen molar-refractivity contribution in [2.45, 2.75) is 78.6 Å². The molecular weight excluding hydrogens is 360 g/mol. The predicted molar refractivity (Wildman–Crippen MR) is 102 cm³/mol. The molecule has 0 amide bonds. The summed E-state index contributed by atoms with van der Waals surface area (Å²) in [5.74, 6) is -1.59. The van der Waals surface area contributed by atoms with Gasteiger partial charge in [0.05, 0.1) is 0 Å². The molecule has 0 radical (unpaired) electrons. The Kier molecular flexibility index (Phi) is 5.19. The average molecular weight is 390 g/mol. The highest BCUT2D eigenvalue weighted by atomic mass is 16.6. The van der Waals surface area contributed by atoms with Crippen molar-refractivity contribution in [1.29, 1.82) is 0 Å². The monoisotopic (exact) mass is 390 g/mol. The maximum Gasteiger partial charge on any atom is 0.351 e. The smallest absolute Gasteiger partial charge is 0.351 e. The molecule has 0 unspecified atom stereocenters. The van der Waals surface area contributed by atoms with Crippen molar-refractivity contribution in [3.63, 3.8) is 0 Å². The predicted octanol–water partition coefficient (Wildman–Crippen LogP) is 3.49. The Hall–Kier alpha value is -2.11. The molecule has 6 atom stereocenters. The van der Waals surface area contributed by atoms with Crippen molar-refractivity contribution < 1.29 is 28.6 Å². The first-order chi connectivity index (χ1) is 13.0. The van der Waals surface area contributed by atoms with E-state index in [1.165, 1.54) is 6.92 Å². The molecule has 0 N–H and O–H groups in total. The molecule has 6 heteroatoms. The SMILES string of the molecule is C/C=C(/C)C(=O)O[C@]1(C)C(=O)O[C@H]2[C@H]3C(C)=CC[C@@H](OC(C)=O)[C@]3(C)CC[C@H]21. The second-order valence-corrected chi connectivity index (χ2v) is 8.75. The summed E-state index contributed by atoms with van der Waals surface area (Å²) in [6, 6.07) is 0. The van der Waals surface area contributed by atoms with Gasteiger partial charge in [0.25, 0.3) is 0 Å². The Morgan fingerprint density at radius 2 is 1.96 bits per heavy atom. The molecule has 1 aliphatic heterocycles. The molecule has 0 bridgehead atoms. The number of hydrogen-bond acceptors (Lipinski definition) is 6. The van der Waals surface area contributed by atoms with Crippen molar-refractivity contribution in [2.75, 3.05) is 0 Å². The van der Waals surface area contributed by atoms with Crippen LogP contribution in [0.1, 0.15) is 60.8 Å². The summed E-state index contributed by atoms with van der Waals surface area (Å²) >= 11 is 0. The zero-order chi connectivity index (χ0) is 20.9. The lowest BCUT2D eigenvalue weighted by molar-refractivity contribution is -0.170. The van der Waals surface area contributed by atoms with Crippen LogP contribution in [-0.4, -0.2) is 35.7 Å². The third-order valence-electron chi connectivity index (χ3n) is 7.03. The van der Waals surface area contributed by atoms with Crippen LogP contribution < -0.4 is 0 Å². The van der Waals surface area contributed by atoms with Gasteiger partial charge in [-0.25, -0.2) is 9.59 Å². The normalized spacial score (nSPS) is 40.0. The maximum atomic E-state index is 12.8. The standard InChI is InChI=1S/C22H30O6/c1-7-12(2)19(24)28-22(6)15-10-11-21(5)16(26-14(4)23)9-8-13(3)17(21)18(15)27-20(22)25/h7-8,15-18H,9-11H2,1-6H3/b12-7-/t15-,16-,17-,18-,21+,22+/m1/s1. The van der Waals surface area contributed by atoms with Crippen molar-refractivity contribution in [1.82, 2.24) is 0 Å². The maximum absolute atomic E-state index is 12.8. The number of hydrogen-bond donors (Lipinski definition) is 0. The van der Waals surface area contributed by atoms with E-state index in [0.717, 1.165) is 12.0 Å². The van der Waals surface area contributed by atoms with Gasteiger partial charge in [-0.1, -0.05) is 24.6 Å². The lowest BCUT2D eigenvalue weighted by Gasteiger charge is -2.52. The summed E-state index contributed by atoms with van der Waals surface area (Å²) in [7, 11) is 0. The molecule has 1 heterocycles. The number of allylic oxidation sites excluding steroid dienone is 1. The van der Waals surface area contributed by atoms with Crippen LogP contribution in [0.4, 0.5) is 0 Å². The molecule has 3 aliphatic rings. The molecule has 0 aromatic rings. The van der Waals surface area contributed by atoms with Crippen molar-refractivity contribution in [3.8, 4) is 0 Å². The zero-order valence-corrected chi connectivity index (χ0v) is 17.5. The van der Waals surface area contributed by atoms with E-state index in [1.54, 1.807) is 26.8 Å². The Morgan fingerprint density at radius 1 is 1.29 bits per heavy atom. The van der Waals surface area contributed by atoms with E-state index in [1.807, 2.05) is 6.92 Å². The van der Waals surface area contributed by atoms with Crippen LogP contribution in [0.2, 0.25) is 0 Å². The third-order valence-corrected chi connectivity index (χ3v) is 7.03. The average Bonchev–Trinajstić information content (AvgIpc) is 2.86. The number of fused-ring (bicyclic) bond motifs is 3. The Bertz CT molecular complexity index is 765. The summed E-state index contributed by atoms with van der Waals surface area (Å²) in [5, 5.41) is 0. The highest BCUT2D eigenvalue weighted by molar-refractivity contribution is 5.92. The van der Waals surface area contributed by atoms with E-state index in [2.05, 4.69) is 13.0 Å². The van der Waals surface area contributed by atoms with Crippen LogP contribution in [0.15, 0.2) is 23.3 Å². The first kappa shape index (κ1) is 20.6. The molecule has 154 valence electrons. The molecule has 0 aromatic heterocycles. The fourth-order valence-electron chi connectivity index (χ4n) is 5.25. The highest BCUT2D eigenvalue weighted by Crippen LogP contribution is 2.58. The molecule has 2 aliphatic carbocycles. The van der Waals surface area contributed by atoms with Gasteiger partial charge in [0.2, 0.25) is 5.60 Å². The zero-order valence-electron chi connectivity index (χ0n) is 17.5. The number of carbonyl (C=O) groups excluding carboxylic acids is 3. The van der Waals surface area contributed by atoms with E-state index < -0.39 is 23.6 Å². The van der Waals surface area contributed by atoms with Crippen molar-refractivity contribution in [3.05, 3.63) is 23.3 Å². The topological polar surface area (TPSA) is 78.9 Å². The lowest BCUT2D eigenvalue weighted by Crippen LogP contribution is -2.56. The summed E-state index contributed by atoms with van der Waals surface area (Å²) < 4.78 is 17.2. The van der Waals surface area contributed by atoms with E-state index >= 15 is 0 Å². The van der Waals surface area contributed by atoms with Gasteiger partial charge in [0.1, 0.15) is 12.2 Å². The van der Waals surface area contributed by atoms with Crippen LogP contribution in [0.3, 0.4) is 0 Å². The van der Waals surface area contributed by atoms with Gasteiger partial charge in [0.15, 0.2) is 0 Å². The van der Waals surface area contributed by atoms with Gasteiger partial charge in [0, 0.05) is 36.2 Å². The second kappa shape index (κ2) is 7.05. The molecule has 28 heavy (non-hydrogen) atoms. The molecule has 3 rings (SSSR count). The largest absolute Gasteiger partial charge is 0.462 e. The Morgan fingerprint density at radius 3 is 2.57 bits per heavy atom. The van der Waals surface area contributed by atoms with Crippen LogP contribution >= 0.6 is 0 Å². The van der Waals surface area contributed by atoms with Gasteiger partial charge in [-0.15, -0.1) is 0 Å². The summed E-state index contributed by atoms with van der Waals surface area (Å²) in [6.45, 7) is 10.7. The molecule has 1 saturated heterocycles. The van der Waals surface area contributed by atoms with Crippen molar-refractivity contribution >= 4 is 17.9 Å². The van der Waals surface area contributed by atoms with Crippen LogP contribution in [0.5, 0.6) is 0 Å². The van der Waals surface area contributed by atoms with E-state index in [-0.39, 0.29) is 29.3 Å². The number of ether oxygens (including phenoxy) is 3. The quantitative estimate of drug-likeness (QED) is 0.318. The van der Waals surface area contributed by atoms with Gasteiger partial charge < -0.3 is 14.2 Å². The fraction of sp³-hybridized carbons (Fsp3) is 0.682. The van der Waals surface area contributed by atoms with Gasteiger partial charge in [-0.2, -0.15) is 0 Å². The fourth-order valence-corrected chi connectivity index (χ4v) is 5.25. The minimum Gasteiger partial charge on any atom is -0.462 e. The third kappa shape index (κ3) is 3.07. The Balaban J connectivity index is 1.93. The summed E-state index contributed by atoms with van der Waals surface area (Å²) in [6.07, 6.45) is 5.17. The molecule has 0 aromatic carbocycles. The summed E-state index contributed by atoms with van der Waals surface area (Å²) in [5.41, 5.74) is -0.0296. The van der Waals surface area contributed by atoms with Gasteiger partial charge in [-0.3, -0.25) is 4.79 Å². The highest BCUT2D eigenvalue weighted by Gasteiger charge is 2.65. The minimum atomic E-state index is -1.30. The van der Waals surface area contributed by atoms with Gasteiger partial charge >= 0.3 is 17.9 Å². The van der Waals surface area contributed by atoms with E-state index in [0.29, 0.717) is 18.4 Å². The van der Waals surface area contributed by atoms with Crippen LogP contribution in [0.25, 0.3) is 0 Å². The Labute approximate surface area is 166 Å². The number of rotatable bonds is 3. The second-order valence-electron chi connectivity index (χ2n) is 8.75. The molecule has 6 nitrogen and oxygen atoms in total. The van der Waals surface area contributed by atoms with Crippen LogP contribution in [0, 0.1) is 17.3 Å². The van der Waals surface area contributed by atoms with E-state index in [4.69, 9.17) is 14.2 Å². The van der Waals surface area contributed by atoms with Gasteiger partial charge in [-0.05, 0) is 40.5 Å². The summed E-state index contributed by atoms with van der Waals surface area (Å²) in [4.78, 5) is 36.8. The molecule has 2 fully saturated rings. The van der Waals surface area contributed by atoms with Crippen LogP contribution in [-0.2, 0) is 28.6 Å². The van der Waals surface area contributed by atoms with Crippen molar-refractivity contribution in [2.24, 2.45) is 17.3 Å². The minimum absolute atomic E-state index is 0.0726.